The average molecular weight is 167 g/mol. The first-order chi connectivity index (χ1) is 4.88. The fourth-order valence-electron chi connectivity index (χ4n) is 0.705. The van der Waals surface area contributed by atoms with Crippen LogP contribution in [0.1, 0.15) is 0 Å². The molecule has 0 unspecified atom stereocenters. The summed E-state index contributed by atoms with van der Waals surface area (Å²) < 4.78 is 35.9. The minimum Gasteiger partial charge on any atom is -0.308 e. The molecule has 0 aromatic heterocycles. The van der Waals surface area contributed by atoms with Gasteiger partial charge in [-0.1, -0.05) is 6.08 Å². The Morgan fingerprint density at radius 2 is 1.91 bits per heavy atom. The van der Waals surface area contributed by atoms with E-state index < -0.39 is 12.1 Å². The number of nitrogens with zero attached hydrogens (tertiary/aromatic N) is 1. The highest BCUT2D eigenvalue weighted by molar-refractivity contribution is 4.85. The lowest BCUT2D eigenvalue weighted by molar-refractivity contribution is -0.163. The molecule has 0 aliphatic rings. The standard InChI is InChI=1S/C7H12F3N/c1-4-6(5-11(2)3)7(8,9)10/h4,6H,1,5H2,2-3H3/t6-/m0/s1. The third-order valence-corrected chi connectivity index (χ3v) is 1.27. The van der Waals surface area contributed by atoms with E-state index >= 15 is 0 Å². The molecule has 0 radical (unpaired) electrons. The van der Waals surface area contributed by atoms with Gasteiger partial charge in [0.05, 0.1) is 5.92 Å². The molecule has 0 bridgehead atoms. The summed E-state index contributed by atoms with van der Waals surface area (Å²) in [5, 5.41) is 0. The second kappa shape index (κ2) is 3.76. The molecule has 0 heterocycles. The zero-order valence-corrected chi connectivity index (χ0v) is 6.65. The van der Waals surface area contributed by atoms with Crippen LogP contribution in [0.5, 0.6) is 0 Å². The summed E-state index contributed by atoms with van der Waals surface area (Å²) in [6.45, 7) is 3.10. The molecule has 0 aliphatic heterocycles. The number of rotatable bonds is 3. The minimum absolute atomic E-state index is 0.0347. The molecule has 0 fully saturated rings. The lowest BCUT2D eigenvalue weighted by Crippen LogP contribution is -2.31. The Balaban J connectivity index is 4.07. The Hall–Kier alpha value is -0.510. The molecule has 4 heteroatoms. The molecular weight excluding hydrogens is 155 g/mol. The second-order valence-corrected chi connectivity index (χ2v) is 2.65. The maximum Gasteiger partial charge on any atom is 0.396 e. The molecule has 0 N–H and O–H groups in total. The number of halogens is 3. The Morgan fingerprint density at radius 3 is 2.00 bits per heavy atom. The van der Waals surface area contributed by atoms with E-state index in [0.717, 1.165) is 6.08 Å². The van der Waals surface area contributed by atoms with E-state index in [4.69, 9.17) is 0 Å². The van der Waals surface area contributed by atoms with Gasteiger partial charge in [-0.05, 0) is 14.1 Å². The average Bonchev–Trinajstić information content (AvgIpc) is 1.79. The molecular formula is C7H12F3N. The zero-order valence-electron chi connectivity index (χ0n) is 6.65. The van der Waals surface area contributed by atoms with Crippen LogP contribution < -0.4 is 0 Å². The normalized spacial score (nSPS) is 15.1. The van der Waals surface area contributed by atoms with Crippen molar-refractivity contribution in [3.8, 4) is 0 Å². The van der Waals surface area contributed by atoms with Crippen LogP contribution in [-0.2, 0) is 0 Å². The Kier molecular flexibility index (Phi) is 3.58. The van der Waals surface area contributed by atoms with Crippen LogP contribution in [0.15, 0.2) is 12.7 Å². The van der Waals surface area contributed by atoms with Crippen LogP contribution in [0.3, 0.4) is 0 Å². The van der Waals surface area contributed by atoms with E-state index in [9.17, 15) is 13.2 Å². The molecule has 0 saturated carbocycles. The zero-order chi connectivity index (χ0) is 9.07. The minimum atomic E-state index is -4.16. The molecule has 66 valence electrons. The van der Waals surface area contributed by atoms with E-state index in [0.29, 0.717) is 0 Å². The topological polar surface area (TPSA) is 3.24 Å². The molecule has 1 atom stereocenters. The van der Waals surface area contributed by atoms with Crippen molar-refractivity contribution in [3.63, 3.8) is 0 Å². The summed E-state index contributed by atoms with van der Waals surface area (Å²) in [6, 6.07) is 0. The van der Waals surface area contributed by atoms with Gasteiger partial charge in [0, 0.05) is 6.54 Å². The predicted molar refractivity (Wildman–Crippen MR) is 38.3 cm³/mol. The van der Waals surface area contributed by atoms with E-state index in [2.05, 4.69) is 6.58 Å². The van der Waals surface area contributed by atoms with Crippen molar-refractivity contribution in [2.75, 3.05) is 20.6 Å². The highest BCUT2D eigenvalue weighted by atomic mass is 19.4. The van der Waals surface area contributed by atoms with Crippen molar-refractivity contribution >= 4 is 0 Å². The predicted octanol–water partition coefficient (Wildman–Crippen LogP) is 1.91. The van der Waals surface area contributed by atoms with E-state index in [-0.39, 0.29) is 6.54 Å². The highest BCUT2D eigenvalue weighted by Crippen LogP contribution is 2.26. The lowest BCUT2D eigenvalue weighted by atomic mass is 10.1. The van der Waals surface area contributed by atoms with Crippen molar-refractivity contribution in [3.05, 3.63) is 12.7 Å². The first-order valence-corrected chi connectivity index (χ1v) is 3.22. The lowest BCUT2D eigenvalue weighted by Gasteiger charge is -2.19. The van der Waals surface area contributed by atoms with Gasteiger partial charge in [-0.2, -0.15) is 13.2 Å². The Bertz CT molecular complexity index is 128. The largest absolute Gasteiger partial charge is 0.396 e. The van der Waals surface area contributed by atoms with Gasteiger partial charge >= 0.3 is 6.18 Å². The molecule has 0 aromatic carbocycles. The van der Waals surface area contributed by atoms with E-state index in [1.807, 2.05) is 0 Å². The van der Waals surface area contributed by atoms with Gasteiger partial charge in [0.25, 0.3) is 0 Å². The van der Waals surface area contributed by atoms with Crippen molar-refractivity contribution in [2.24, 2.45) is 5.92 Å². The van der Waals surface area contributed by atoms with Crippen molar-refractivity contribution < 1.29 is 13.2 Å². The third kappa shape index (κ3) is 4.03. The maximum atomic E-state index is 12.0. The quantitative estimate of drug-likeness (QED) is 0.580. The van der Waals surface area contributed by atoms with Crippen LogP contribution >= 0.6 is 0 Å². The van der Waals surface area contributed by atoms with Gasteiger partial charge in [-0.15, -0.1) is 6.58 Å². The second-order valence-electron chi connectivity index (χ2n) is 2.65. The summed E-state index contributed by atoms with van der Waals surface area (Å²) in [6.07, 6.45) is -3.23. The van der Waals surface area contributed by atoms with Crippen molar-refractivity contribution in [1.82, 2.24) is 4.90 Å². The summed E-state index contributed by atoms with van der Waals surface area (Å²) >= 11 is 0. The molecule has 0 spiro atoms. The Morgan fingerprint density at radius 1 is 1.45 bits per heavy atom. The number of hydrogen-bond donors (Lipinski definition) is 0. The van der Waals surface area contributed by atoms with E-state index in [1.54, 1.807) is 14.1 Å². The third-order valence-electron chi connectivity index (χ3n) is 1.27. The van der Waals surface area contributed by atoms with Crippen LogP contribution in [0, 0.1) is 5.92 Å². The monoisotopic (exact) mass is 167 g/mol. The molecule has 1 nitrogen and oxygen atoms in total. The van der Waals surface area contributed by atoms with Gasteiger partial charge in [-0.25, -0.2) is 0 Å². The summed E-state index contributed by atoms with van der Waals surface area (Å²) in [4.78, 5) is 1.49. The molecule has 0 rings (SSSR count). The number of alkyl halides is 3. The van der Waals surface area contributed by atoms with Gasteiger partial charge in [0.1, 0.15) is 0 Å². The maximum absolute atomic E-state index is 12.0. The van der Waals surface area contributed by atoms with Crippen LogP contribution in [-0.4, -0.2) is 31.7 Å². The molecule has 0 aromatic rings. The molecule has 0 amide bonds. The molecule has 0 aliphatic carbocycles. The molecule has 0 saturated heterocycles. The van der Waals surface area contributed by atoms with Gasteiger partial charge in [0.15, 0.2) is 0 Å². The van der Waals surface area contributed by atoms with Crippen LogP contribution in [0.4, 0.5) is 13.2 Å². The van der Waals surface area contributed by atoms with E-state index in [1.165, 1.54) is 4.90 Å². The first kappa shape index (κ1) is 10.5. The SMILES string of the molecule is C=C[C@@H](CN(C)C)C(F)(F)F. The van der Waals surface area contributed by atoms with Crippen LogP contribution in [0.2, 0.25) is 0 Å². The van der Waals surface area contributed by atoms with Crippen molar-refractivity contribution in [1.29, 1.82) is 0 Å². The smallest absolute Gasteiger partial charge is 0.308 e. The molecule has 11 heavy (non-hydrogen) atoms. The fraction of sp³-hybridized carbons (Fsp3) is 0.714. The Labute approximate surface area is 64.5 Å². The van der Waals surface area contributed by atoms with Crippen LogP contribution in [0.25, 0.3) is 0 Å². The highest BCUT2D eigenvalue weighted by Gasteiger charge is 2.37. The summed E-state index contributed by atoms with van der Waals surface area (Å²) in [5.41, 5.74) is 0. The van der Waals surface area contributed by atoms with Gasteiger partial charge in [-0.3, -0.25) is 0 Å². The van der Waals surface area contributed by atoms with Gasteiger partial charge in [0.2, 0.25) is 0 Å². The van der Waals surface area contributed by atoms with Crippen molar-refractivity contribution in [2.45, 2.75) is 6.18 Å². The number of hydrogen-bond acceptors (Lipinski definition) is 1. The summed E-state index contributed by atoms with van der Waals surface area (Å²) in [7, 11) is 3.20. The fourth-order valence-corrected chi connectivity index (χ4v) is 0.705. The first-order valence-electron chi connectivity index (χ1n) is 3.22. The summed E-state index contributed by atoms with van der Waals surface area (Å²) in [5.74, 6) is -1.42. The van der Waals surface area contributed by atoms with Gasteiger partial charge < -0.3 is 4.90 Å².